The molecule has 9 atom stereocenters. The van der Waals surface area contributed by atoms with Gasteiger partial charge in [0.15, 0.2) is 5.78 Å². The molecule has 0 N–H and O–H groups in total. The maximum absolute atomic E-state index is 14.0. The number of ketones is 1. The fourth-order valence-corrected chi connectivity index (χ4v) is 10.9. The Morgan fingerprint density at radius 2 is 1.73 bits per heavy atom. The second-order valence-electron chi connectivity index (χ2n) is 16.7. The third kappa shape index (κ3) is 4.31. The van der Waals surface area contributed by atoms with Crippen LogP contribution in [-0.2, 0) is 28.6 Å². The molecule has 0 spiro atoms. The van der Waals surface area contributed by atoms with E-state index in [-0.39, 0.29) is 41.2 Å². The van der Waals surface area contributed by atoms with Gasteiger partial charge in [0, 0.05) is 33.8 Å². The van der Waals surface area contributed by atoms with E-state index in [0.717, 1.165) is 33.8 Å². The Hall–Kier alpha value is -3.43. The molecule has 2 saturated heterocycles. The Balaban J connectivity index is 1.28. The number of furan rings is 1. The van der Waals surface area contributed by atoms with E-state index >= 15 is 0 Å². The fourth-order valence-electron chi connectivity index (χ4n) is 9.86. The average Bonchev–Trinajstić information content (AvgIpc) is 3.76. The molecule has 5 aliphatic rings. The Morgan fingerprint density at radius 1 is 1.04 bits per heavy atom. The predicted molar refractivity (Wildman–Crippen MR) is 183 cm³/mol. The van der Waals surface area contributed by atoms with Crippen molar-refractivity contribution in [3.05, 3.63) is 65.5 Å². The Kier molecular flexibility index (Phi) is 7.26. The van der Waals surface area contributed by atoms with Crippen LogP contribution in [0, 0.1) is 28.1 Å². The molecule has 3 fully saturated rings. The number of rotatable bonds is 6. The van der Waals surface area contributed by atoms with Gasteiger partial charge in [-0.1, -0.05) is 46.3 Å². The zero-order valence-electron chi connectivity index (χ0n) is 29.8. The molecule has 0 unspecified atom stereocenters. The minimum atomic E-state index is -1.98. The Bertz CT molecular complexity index is 1760. The van der Waals surface area contributed by atoms with Gasteiger partial charge in [0.2, 0.25) is 8.32 Å². The van der Waals surface area contributed by atoms with Gasteiger partial charge in [0.1, 0.15) is 23.7 Å². The molecule has 2 aromatic rings. The van der Waals surface area contributed by atoms with Gasteiger partial charge in [0.05, 0.1) is 31.3 Å². The Labute approximate surface area is 284 Å². The molecule has 0 bridgehead atoms. The second-order valence-corrected chi connectivity index (χ2v) is 21.5. The van der Waals surface area contributed by atoms with Crippen LogP contribution in [0.4, 0.5) is 0 Å². The number of hydrogen-bond acceptors (Lipinski definition) is 8. The summed E-state index contributed by atoms with van der Waals surface area (Å²) in [5.41, 5.74) is 1.50. The van der Waals surface area contributed by atoms with Crippen LogP contribution in [0.3, 0.4) is 0 Å². The third-order valence-electron chi connectivity index (χ3n) is 13.3. The molecule has 48 heavy (non-hydrogen) atoms. The van der Waals surface area contributed by atoms with Crippen LogP contribution < -0.4 is 4.43 Å². The number of hydrogen-bond donors (Lipinski definition) is 0. The van der Waals surface area contributed by atoms with Crippen LogP contribution >= 0.6 is 0 Å². The fraction of sp³-hybridized carbons (Fsp3) is 0.564. The van der Waals surface area contributed by atoms with Crippen LogP contribution in [0.25, 0.3) is 11.3 Å². The van der Waals surface area contributed by atoms with Crippen LogP contribution in [0.15, 0.2) is 64.3 Å². The summed E-state index contributed by atoms with van der Waals surface area (Å²) in [5.74, 6) is -0.0851. The Morgan fingerprint density at radius 3 is 2.38 bits per heavy atom. The normalized spacial score (nSPS) is 36.9. The molecule has 2 aliphatic heterocycles. The number of carbonyl (C=O) groups excluding carboxylic acids is 3. The van der Waals surface area contributed by atoms with Crippen LogP contribution in [-0.4, -0.2) is 51.5 Å². The lowest BCUT2D eigenvalue weighted by Gasteiger charge is -2.59. The lowest BCUT2D eigenvalue weighted by molar-refractivity contribution is -0.190. The zero-order valence-corrected chi connectivity index (χ0v) is 30.8. The van der Waals surface area contributed by atoms with E-state index in [1.165, 1.54) is 13.2 Å². The van der Waals surface area contributed by atoms with Crippen molar-refractivity contribution in [2.24, 2.45) is 28.1 Å². The molecule has 1 aromatic carbocycles. The van der Waals surface area contributed by atoms with Crippen molar-refractivity contribution in [3.63, 3.8) is 0 Å². The van der Waals surface area contributed by atoms with Crippen LogP contribution in [0.5, 0.6) is 5.75 Å². The van der Waals surface area contributed by atoms with Gasteiger partial charge in [-0.2, -0.15) is 0 Å². The predicted octanol–water partition coefficient (Wildman–Crippen LogP) is 7.79. The first kappa shape index (κ1) is 33.1. The minimum absolute atomic E-state index is 0.00216. The lowest BCUT2D eigenvalue weighted by atomic mass is 9.42. The van der Waals surface area contributed by atoms with Crippen molar-refractivity contribution in [1.82, 2.24) is 0 Å². The lowest BCUT2D eigenvalue weighted by Crippen LogP contribution is -2.66. The van der Waals surface area contributed by atoms with Gasteiger partial charge in [0.25, 0.3) is 0 Å². The van der Waals surface area contributed by atoms with Crippen molar-refractivity contribution in [2.75, 3.05) is 7.11 Å². The SMILES string of the molecule is COC(=O)C[C@H]1[C@]2(C)C3=C(C)[C@H](c4ccoc4-c4ccc(O[Si](C)(C)C(C)(C)C)cc4)C[C@H]3O[C@@H]2[C@@H]2OC(=O)[C@]3(C)C=CC(=O)[C@@]1(C)[C@@H]23. The molecule has 1 saturated carbocycles. The smallest absolute Gasteiger partial charge is 0.316 e. The summed E-state index contributed by atoms with van der Waals surface area (Å²) in [4.78, 5) is 40.6. The number of allylic oxidation sites excluding steroid dienone is 2. The molecule has 1 aromatic heterocycles. The highest BCUT2D eigenvalue weighted by molar-refractivity contribution is 6.74. The van der Waals surface area contributed by atoms with Crippen molar-refractivity contribution in [3.8, 4) is 17.1 Å². The van der Waals surface area contributed by atoms with E-state index in [9.17, 15) is 14.4 Å². The van der Waals surface area contributed by atoms with Gasteiger partial charge < -0.3 is 23.1 Å². The molecule has 0 radical (unpaired) electrons. The first-order valence-corrected chi connectivity index (χ1v) is 20.1. The number of ether oxygens (including phenoxy) is 3. The molecular weight excluding hydrogens is 625 g/mol. The number of fused-ring (bicyclic) bond motifs is 4. The summed E-state index contributed by atoms with van der Waals surface area (Å²) in [7, 11) is -0.606. The highest BCUT2D eigenvalue weighted by atomic mass is 28.4. The summed E-state index contributed by atoms with van der Waals surface area (Å²) in [6.07, 6.45) is 4.31. The van der Waals surface area contributed by atoms with Crippen molar-refractivity contribution in [1.29, 1.82) is 0 Å². The van der Waals surface area contributed by atoms with E-state index in [1.807, 2.05) is 32.0 Å². The molecule has 3 aliphatic carbocycles. The quantitative estimate of drug-likeness (QED) is 0.174. The summed E-state index contributed by atoms with van der Waals surface area (Å²) < 4.78 is 31.0. The topological polar surface area (TPSA) is 101 Å². The standard InChI is InChI=1S/C39H48O8Si/c1-21-25(24-16-18-44-31(24)22-11-13-23(14-12-22)47-48(9,10)36(2,3)4)19-26-30(21)39(7)27(20-29(41)43-8)38(6)28(40)15-17-37(5)33(38)32(34(39)45-26)46-35(37)42/h11-18,25-27,32-34H,19-20H2,1-10H3/t25-,26-,27-,32-,33+,34-,37-,38+,39-/m1/s1. The van der Waals surface area contributed by atoms with E-state index in [1.54, 1.807) is 12.3 Å². The van der Waals surface area contributed by atoms with E-state index in [2.05, 4.69) is 59.8 Å². The minimum Gasteiger partial charge on any atom is -0.544 e. The largest absolute Gasteiger partial charge is 0.544 e. The molecule has 0 amide bonds. The highest BCUT2D eigenvalue weighted by Crippen LogP contribution is 2.72. The maximum atomic E-state index is 14.0. The van der Waals surface area contributed by atoms with Crippen molar-refractivity contribution < 1.29 is 37.4 Å². The van der Waals surface area contributed by atoms with Crippen molar-refractivity contribution >= 4 is 26.0 Å². The summed E-state index contributed by atoms with van der Waals surface area (Å²) >= 11 is 0. The van der Waals surface area contributed by atoms with Crippen molar-refractivity contribution in [2.45, 2.75) is 104 Å². The maximum Gasteiger partial charge on any atom is 0.316 e. The van der Waals surface area contributed by atoms with Crippen LogP contribution in [0.2, 0.25) is 18.1 Å². The van der Waals surface area contributed by atoms with E-state index in [4.69, 9.17) is 23.1 Å². The van der Waals surface area contributed by atoms with Gasteiger partial charge >= 0.3 is 11.9 Å². The number of methoxy groups -OCH3 is 1. The van der Waals surface area contributed by atoms with Gasteiger partial charge in [-0.25, -0.2) is 0 Å². The third-order valence-corrected chi connectivity index (χ3v) is 17.7. The molecule has 3 heterocycles. The molecule has 8 nitrogen and oxygen atoms in total. The zero-order chi connectivity index (χ0) is 34.8. The van der Waals surface area contributed by atoms with Gasteiger partial charge in [-0.3, -0.25) is 14.4 Å². The van der Waals surface area contributed by atoms with Gasteiger partial charge in [-0.05, 0) is 86.3 Å². The van der Waals surface area contributed by atoms with E-state index < -0.39 is 48.6 Å². The first-order valence-electron chi connectivity index (χ1n) is 17.1. The highest BCUT2D eigenvalue weighted by Gasteiger charge is 2.78. The van der Waals surface area contributed by atoms with E-state index in [0.29, 0.717) is 6.42 Å². The summed E-state index contributed by atoms with van der Waals surface area (Å²) in [5, 5.41) is 0.0930. The average molecular weight is 673 g/mol. The molecule has 9 heteroatoms. The monoisotopic (exact) mass is 672 g/mol. The number of esters is 2. The summed E-state index contributed by atoms with van der Waals surface area (Å²) in [6, 6.07) is 10.2. The number of benzene rings is 1. The summed E-state index contributed by atoms with van der Waals surface area (Å²) in [6.45, 7) is 19.2. The molecular formula is C39H48O8Si. The van der Waals surface area contributed by atoms with Gasteiger partial charge in [-0.15, -0.1) is 0 Å². The molecule has 256 valence electrons. The number of carbonyl (C=O) groups is 3. The first-order chi connectivity index (χ1) is 22.4. The molecule has 7 rings (SSSR count). The second kappa shape index (κ2) is 10.5. The van der Waals surface area contributed by atoms with Crippen LogP contribution in [0.1, 0.15) is 72.8 Å².